The van der Waals surface area contributed by atoms with Crippen molar-refractivity contribution in [2.24, 2.45) is 0 Å². The molecule has 5 atom stereocenters. The molecule has 7 heteroatoms. The summed E-state index contributed by atoms with van der Waals surface area (Å²) >= 11 is 3.56. The first kappa shape index (κ1) is 24.3. The van der Waals surface area contributed by atoms with Crippen molar-refractivity contribution in [3.8, 4) is 10.4 Å². The maximum absolute atomic E-state index is 11.1. The predicted molar refractivity (Wildman–Crippen MR) is 136 cm³/mol. The van der Waals surface area contributed by atoms with E-state index in [-0.39, 0.29) is 0 Å². The summed E-state index contributed by atoms with van der Waals surface area (Å²) in [5.41, 5.74) is 4.70. The molecule has 5 nitrogen and oxygen atoms in total. The maximum Gasteiger partial charge on any atom is 0.190 e. The largest absolute Gasteiger partial charge is 0.387 e. The molecule has 182 valence electrons. The van der Waals surface area contributed by atoms with Gasteiger partial charge in [-0.25, -0.2) is 0 Å². The molecule has 2 saturated heterocycles. The fourth-order valence-corrected chi connectivity index (χ4v) is 6.35. The van der Waals surface area contributed by atoms with Crippen molar-refractivity contribution in [2.45, 2.75) is 81.4 Å². The average Bonchev–Trinajstić information content (AvgIpc) is 3.49. The van der Waals surface area contributed by atoms with Crippen LogP contribution in [0.4, 0.5) is 0 Å². The van der Waals surface area contributed by atoms with Crippen LogP contribution < -0.4 is 0 Å². The van der Waals surface area contributed by atoms with E-state index < -0.39 is 36.5 Å². The number of hydrogen-bond donors (Lipinski definition) is 2. The highest BCUT2D eigenvalue weighted by Gasteiger charge is 2.56. The first-order valence-electron chi connectivity index (χ1n) is 11.7. The highest BCUT2D eigenvalue weighted by Crippen LogP contribution is 2.41. The SMILES string of the molecule is CSc1ccc(-c2ccc(CC3=C(C)CCC(C(O)[C@@H]4O[C@H]5OC(C)(C)O[C@H]5[C@@H]4O)=C3)s2)cc1. The Bertz CT molecular complexity index is 1100. The van der Waals surface area contributed by atoms with Gasteiger partial charge in [0.25, 0.3) is 0 Å². The van der Waals surface area contributed by atoms with Crippen LogP contribution >= 0.6 is 23.1 Å². The van der Waals surface area contributed by atoms with Crippen molar-refractivity contribution in [3.05, 3.63) is 64.1 Å². The molecule has 1 unspecified atom stereocenters. The normalized spacial score (nSPS) is 29.3. The Morgan fingerprint density at radius 3 is 2.59 bits per heavy atom. The van der Waals surface area contributed by atoms with Crippen LogP contribution in [0.2, 0.25) is 0 Å². The number of benzene rings is 1. The van der Waals surface area contributed by atoms with E-state index in [1.54, 1.807) is 25.6 Å². The Balaban J connectivity index is 1.29. The summed E-state index contributed by atoms with van der Waals surface area (Å²) < 4.78 is 17.4. The monoisotopic (exact) mass is 500 g/mol. The second kappa shape index (κ2) is 9.54. The smallest absolute Gasteiger partial charge is 0.190 e. The van der Waals surface area contributed by atoms with Crippen molar-refractivity contribution in [2.75, 3.05) is 6.26 Å². The Hall–Kier alpha value is -1.45. The molecular formula is C27H32O5S2. The molecule has 0 amide bonds. The first-order valence-corrected chi connectivity index (χ1v) is 13.8. The van der Waals surface area contributed by atoms with Crippen LogP contribution in [0.5, 0.6) is 0 Å². The van der Waals surface area contributed by atoms with E-state index in [9.17, 15) is 10.2 Å². The molecule has 0 saturated carbocycles. The first-order chi connectivity index (χ1) is 16.2. The minimum atomic E-state index is -0.935. The molecule has 2 N–H and O–H groups in total. The van der Waals surface area contributed by atoms with Gasteiger partial charge < -0.3 is 24.4 Å². The molecule has 0 spiro atoms. The molecule has 2 fully saturated rings. The van der Waals surface area contributed by atoms with Gasteiger partial charge in [0.1, 0.15) is 24.4 Å². The fraction of sp³-hybridized carbons (Fsp3) is 0.481. The number of aliphatic hydroxyl groups is 2. The van der Waals surface area contributed by atoms with Gasteiger partial charge in [-0.05, 0) is 80.8 Å². The predicted octanol–water partition coefficient (Wildman–Crippen LogP) is 5.31. The van der Waals surface area contributed by atoms with Crippen LogP contribution in [0.25, 0.3) is 10.4 Å². The van der Waals surface area contributed by atoms with E-state index in [4.69, 9.17) is 14.2 Å². The average molecular weight is 501 g/mol. The Morgan fingerprint density at radius 1 is 1.12 bits per heavy atom. The van der Waals surface area contributed by atoms with Gasteiger partial charge in [0.15, 0.2) is 12.1 Å². The lowest BCUT2D eigenvalue weighted by Gasteiger charge is -2.29. The lowest BCUT2D eigenvalue weighted by atomic mass is 9.86. The molecule has 2 aromatic rings. The van der Waals surface area contributed by atoms with E-state index in [2.05, 4.69) is 55.7 Å². The molecular weight excluding hydrogens is 468 g/mol. The third kappa shape index (κ3) is 4.80. The summed E-state index contributed by atoms with van der Waals surface area (Å²) in [6.45, 7) is 5.76. The van der Waals surface area contributed by atoms with Gasteiger partial charge >= 0.3 is 0 Å². The lowest BCUT2D eigenvalue weighted by Crippen LogP contribution is -2.41. The number of aliphatic hydroxyl groups excluding tert-OH is 2. The molecule has 1 aromatic heterocycles. The minimum absolute atomic E-state index is 0.579. The fourth-order valence-electron chi connectivity index (χ4n) is 4.91. The van der Waals surface area contributed by atoms with E-state index in [1.807, 2.05) is 11.3 Å². The zero-order valence-electron chi connectivity index (χ0n) is 20.0. The summed E-state index contributed by atoms with van der Waals surface area (Å²) in [4.78, 5) is 3.82. The zero-order chi connectivity index (χ0) is 24.0. The number of allylic oxidation sites excluding steroid dienone is 3. The van der Waals surface area contributed by atoms with Crippen LogP contribution in [0.1, 0.15) is 38.5 Å². The standard InChI is InChI=1S/C27H32O5S2/c1-15-5-6-17(22(28)24-23(29)25-26(30-24)32-27(2,3)31-25)13-18(15)14-20-11-12-21(34-20)16-7-9-19(33-4)10-8-16/h7-13,22-26,28-29H,5-6,14H2,1-4H3/t22?,23-,24+,25+,26+/m1/s1. The molecule has 2 aliphatic heterocycles. The summed E-state index contributed by atoms with van der Waals surface area (Å²) in [5, 5.41) is 21.9. The highest BCUT2D eigenvalue weighted by molar-refractivity contribution is 7.98. The number of thiophene rings is 1. The topological polar surface area (TPSA) is 68.2 Å². The van der Waals surface area contributed by atoms with E-state index >= 15 is 0 Å². The molecule has 5 rings (SSSR count). The number of rotatable bonds is 6. The highest BCUT2D eigenvalue weighted by atomic mass is 32.2. The van der Waals surface area contributed by atoms with Crippen molar-refractivity contribution in [3.63, 3.8) is 0 Å². The molecule has 1 aromatic carbocycles. The summed E-state index contributed by atoms with van der Waals surface area (Å²) in [7, 11) is 0. The van der Waals surface area contributed by atoms with Crippen molar-refractivity contribution < 1.29 is 24.4 Å². The second-order valence-electron chi connectivity index (χ2n) is 9.70. The lowest BCUT2D eigenvalue weighted by molar-refractivity contribution is -0.223. The quantitative estimate of drug-likeness (QED) is 0.524. The molecule has 3 aliphatic rings. The van der Waals surface area contributed by atoms with Gasteiger partial charge in [0.05, 0.1) is 0 Å². The molecule has 34 heavy (non-hydrogen) atoms. The van der Waals surface area contributed by atoms with E-state index in [0.29, 0.717) is 0 Å². The third-order valence-corrected chi connectivity index (χ3v) is 8.72. The Kier molecular flexibility index (Phi) is 6.81. The van der Waals surface area contributed by atoms with E-state index in [0.717, 1.165) is 24.8 Å². The molecule has 0 radical (unpaired) electrons. The number of hydrogen-bond acceptors (Lipinski definition) is 7. The molecule has 3 heterocycles. The zero-order valence-corrected chi connectivity index (χ0v) is 21.6. The summed E-state index contributed by atoms with van der Waals surface area (Å²) in [6.07, 6.45) is 2.85. The summed E-state index contributed by atoms with van der Waals surface area (Å²) in [5.74, 6) is -0.792. The van der Waals surface area contributed by atoms with Crippen molar-refractivity contribution in [1.29, 1.82) is 0 Å². The number of thioether (sulfide) groups is 1. The molecule has 0 bridgehead atoms. The minimum Gasteiger partial charge on any atom is -0.387 e. The van der Waals surface area contributed by atoms with Gasteiger partial charge in [-0.1, -0.05) is 23.8 Å². The Labute approximate surface area is 209 Å². The third-order valence-electron chi connectivity index (χ3n) is 6.84. The van der Waals surface area contributed by atoms with E-state index in [1.165, 1.54) is 31.4 Å². The number of fused-ring (bicyclic) bond motifs is 1. The second-order valence-corrected chi connectivity index (χ2v) is 11.7. The number of ether oxygens (including phenoxy) is 3. The van der Waals surface area contributed by atoms with Gasteiger partial charge in [0, 0.05) is 21.1 Å². The van der Waals surface area contributed by atoms with Crippen molar-refractivity contribution >= 4 is 23.1 Å². The Morgan fingerprint density at radius 2 is 1.88 bits per heavy atom. The van der Waals surface area contributed by atoms with Crippen molar-refractivity contribution in [1.82, 2.24) is 0 Å². The molecule has 1 aliphatic carbocycles. The van der Waals surface area contributed by atoms with Gasteiger partial charge in [-0.2, -0.15) is 0 Å². The maximum atomic E-state index is 11.1. The summed E-state index contributed by atoms with van der Waals surface area (Å²) in [6, 6.07) is 13.1. The van der Waals surface area contributed by atoms with Crippen LogP contribution in [0, 0.1) is 0 Å². The van der Waals surface area contributed by atoms with Gasteiger partial charge in [-0.3, -0.25) is 0 Å². The van der Waals surface area contributed by atoms with Crippen LogP contribution in [-0.4, -0.2) is 53.0 Å². The van der Waals surface area contributed by atoms with Gasteiger partial charge in [-0.15, -0.1) is 23.1 Å². The van der Waals surface area contributed by atoms with Crippen LogP contribution in [0.15, 0.2) is 64.1 Å². The van der Waals surface area contributed by atoms with Crippen LogP contribution in [0.3, 0.4) is 0 Å². The van der Waals surface area contributed by atoms with Crippen LogP contribution in [-0.2, 0) is 20.6 Å². The van der Waals surface area contributed by atoms with Gasteiger partial charge in [0.2, 0.25) is 0 Å².